The zero-order valence-corrected chi connectivity index (χ0v) is 12.0. The van der Waals surface area contributed by atoms with Crippen molar-refractivity contribution in [2.75, 3.05) is 10.6 Å². The molecule has 2 aromatic carbocycles. The van der Waals surface area contributed by atoms with Crippen molar-refractivity contribution in [1.82, 2.24) is 0 Å². The molecule has 116 valence electrons. The summed E-state index contributed by atoms with van der Waals surface area (Å²) >= 11 is 0. The maximum atomic E-state index is 12.0. The molecule has 6 heteroatoms. The van der Waals surface area contributed by atoms with Gasteiger partial charge in [-0.25, -0.2) is 4.79 Å². The summed E-state index contributed by atoms with van der Waals surface area (Å²) in [5.41, 5.74) is 2.28. The van der Waals surface area contributed by atoms with Crippen LogP contribution in [0.25, 0.3) is 0 Å². The first-order chi connectivity index (χ1) is 10.6. The standard InChI is InChI=1S/C16H16F2N2O2/c1-2-11-4-3-5-13(10-11)20-16(21)19-12-6-8-14(9-7-12)22-15(17)18/h3-10,15H,2H2,1H3,(H2,19,20,21). The van der Waals surface area contributed by atoms with Gasteiger partial charge in [-0.2, -0.15) is 8.78 Å². The van der Waals surface area contributed by atoms with Crippen LogP contribution in [0.1, 0.15) is 12.5 Å². The lowest BCUT2D eigenvalue weighted by molar-refractivity contribution is -0.0498. The molecule has 0 aliphatic rings. The van der Waals surface area contributed by atoms with Crippen LogP contribution in [0.3, 0.4) is 0 Å². The van der Waals surface area contributed by atoms with E-state index >= 15 is 0 Å². The maximum Gasteiger partial charge on any atom is 0.387 e. The second-order valence-electron chi connectivity index (χ2n) is 4.54. The highest BCUT2D eigenvalue weighted by molar-refractivity contribution is 5.99. The van der Waals surface area contributed by atoms with Crippen LogP contribution in [-0.2, 0) is 6.42 Å². The lowest BCUT2D eigenvalue weighted by atomic mass is 10.1. The van der Waals surface area contributed by atoms with Crippen LogP contribution in [0.2, 0.25) is 0 Å². The smallest absolute Gasteiger partial charge is 0.387 e. The number of aryl methyl sites for hydroxylation is 1. The fourth-order valence-electron chi connectivity index (χ4n) is 1.88. The summed E-state index contributed by atoms with van der Waals surface area (Å²) in [5.74, 6) is 0.0385. The summed E-state index contributed by atoms with van der Waals surface area (Å²) in [6.45, 7) is -0.838. The third kappa shape index (κ3) is 4.73. The number of amides is 2. The number of hydrogen-bond acceptors (Lipinski definition) is 2. The quantitative estimate of drug-likeness (QED) is 0.855. The topological polar surface area (TPSA) is 50.4 Å². The molecule has 2 N–H and O–H groups in total. The van der Waals surface area contributed by atoms with Crippen molar-refractivity contribution >= 4 is 17.4 Å². The van der Waals surface area contributed by atoms with E-state index in [1.165, 1.54) is 24.3 Å². The predicted molar refractivity (Wildman–Crippen MR) is 81.5 cm³/mol. The van der Waals surface area contributed by atoms with Gasteiger partial charge in [0.25, 0.3) is 0 Å². The van der Waals surface area contributed by atoms with Crippen molar-refractivity contribution in [3.8, 4) is 5.75 Å². The molecule has 0 saturated heterocycles. The van der Waals surface area contributed by atoms with E-state index in [4.69, 9.17) is 0 Å². The Hall–Kier alpha value is -2.63. The Morgan fingerprint density at radius 3 is 2.41 bits per heavy atom. The SMILES string of the molecule is CCc1cccc(NC(=O)Nc2ccc(OC(F)F)cc2)c1. The van der Waals surface area contributed by atoms with Crippen LogP contribution < -0.4 is 15.4 Å². The van der Waals surface area contributed by atoms with Gasteiger partial charge in [0.05, 0.1) is 0 Å². The summed E-state index contributed by atoms with van der Waals surface area (Å²) in [5, 5.41) is 5.33. The van der Waals surface area contributed by atoms with E-state index in [2.05, 4.69) is 15.4 Å². The van der Waals surface area contributed by atoms with Gasteiger partial charge >= 0.3 is 12.6 Å². The summed E-state index contributed by atoms with van der Waals surface area (Å²) in [7, 11) is 0. The van der Waals surface area contributed by atoms with Crippen LogP contribution >= 0.6 is 0 Å². The van der Waals surface area contributed by atoms with Gasteiger partial charge in [0, 0.05) is 11.4 Å². The Balaban J connectivity index is 1.93. The highest BCUT2D eigenvalue weighted by Crippen LogP contribution is 2.18. The molecule has 0 bridgehead atoms. The lowest BCUT2D eigenvalue weighted by Gasteiger charge is -2.09. The van der Waals surface area contributed by atoms with Crippen LogP contribution in [-0.4, -0.2) is 12.6 Å². The number of alkyl halides is 2. The molecule has 0 spiro atoms. The van der Waals surface area contributed by atoms with Crippen LogP contribution in [0.4, 0.5) is 25.0 Å². The number of hydrogen-bond donors (Lipinski definition) is 2. The monoisotopic (exact) mass is 306 g/mol. The number of nitrogens with one attached hydrogen (secondary N) is 2. The largest absolute Gasteiger partial charge is 0.435 e. The van der Waals surface area contributed by atoms with E-state index in [1.54, 1.807) is 6.07 Å². The molecule has 0 radical (unpaired) electrons. The predicted octanol–water partition coefficient (Wildman–Crippen LogP) is 4.49. The Morgan fingerprint density at radius 1 is 1.09 bits per heavy atom. The van der Waals surface area contributed by atoms with Crippen molar-refractivity contribution in [2.24, 2.45) is 0 Å². The van der Waals surface area contributed by atoms with Crippen molar-refractivity contribution in [2.45, 2.75) is 20.0 Å². The minimum absolute atomic E-state index is 0.0385. The third-order valence-electron chi connectivity index (χ3n) is 2.93. The summed E-state index contributed by atoms with van der Waals surface area (Å²) < 4.78 is 28.3. The molecule has 2 rings (SSSR count). The van der Waals surface area contributed by atoms with E-state index in [-0.39, 0.29) is 5.75 Å². The average Bonchev–Trinajstić information content (AvgIpc) is 2.49. The van der Waals surface area contributed by atoms with E-state index < -0.39 is 12.6 Å². The molecule has 2 aromatic rings. The number of rotatable bonds is 5. The Morgan fingerprint density at radius 2 is 1.77 bits per heavy atom. The molecule has 0 aliphatic carbocycles. The van der Waals surface area contributed by atoms with Crippen LogP contribution in [0, 0.1) is 0 Å². The molecule has 0 fully saturated rings. The van der Waals surface area contributed by atoms with Gasteiger partial charge in [-0.05, 0) is 48.4 Å². The van der Waals surface area contributed by atoms with Crippen molar-refractivity contribution in [3.05, 3.63) is 54.1 Å². The van der Waals surface area contributed by atoms with Crippen molar-refractivity contribution in [3.63, 3.8) is 0 Å². The summed E-state index contributed by atoms with van der Waals surface area (Å²) in [4.78, 5) is 11.9. The molecule has 2 amide bonds. The van der Waals surface area contributed by atoms with Crippen LogP contribution in [0.5, 0.6) is 5.75 Å². The van der Waals surface area contributed by atoms with Gasteiger partial charge in [0.1, 0.15) is 5.75 Å². The number of halogens is 2. The van der Waals surface area contributed by atoms with E-state index in [1.807, 2.05) is 25.1 Å². The van der Waals surface area contributed by atoms with Crippen molar-refractivity contribution in [1.29, 1.82) is 0 Å². The first-order valence-electron chi connectivity index (χ1n) is 6.78. The zero-order valence-electron chi connectivity index (χ0n) is 12.0. The first-order valence-corrected chi connectivity index (χ1v) is 6.78. The lowest BCUT2D eigenvalue weighted by Crippen LogP contribution is -2.19. The second kappa shape index (κ2) is 7.40. The van der Waals surface area contributed by atoms with Gasteiger partial charge in [0.2, 0.25) is 0 Å². The molecule has 0 atom stereocenters. The Bertz CT molecular complexity index is 630. The van der Waals surface area contributed by atoms with Gasteiger partial charge < -0.3 is 15.4 Å². The number of carbonyl (C=O) groups is 1. The molecule has 0 unspecified atom stereocenters. The molecular weight excluding hydrogens is 290 g/mol. The van der Waals surface area contributed by atoms with Gasteiger partial charge in [0.15, 0.2) is 0 Å². The number of anilines is 2. The van der Waals surface area contributed by atoms with E-state index in [0.29, 0.717) is 11.4 Å². The molecule has 0 aliphatic heterocycles. The van der Waals surface area contributed by atoms with Gasteiger partial charge in [-0.1, -0.05) is 19.1 Å². The van der Waals surface area contributed by atoms with Crippen LogP contribution in [0.15, 0.2) is 48.5 Å². The molecule has 0 aromatic heterocycles. The Kier molecular flexibility index (Phi) is 5.30. The number of urea groups is 1. The average molecular weight is 306 g/mol. The summed E-state index contributed by atoms with van der Waals surface area (Å²) in [6, 6.07) is 12.8. The van der Waals surface area contributed by atoms with Crippen molar-refractivity contribution < 1.29 is 18.3 Å². The minimum Gasteiger partial charge on any atom is -0.435 e. The fourth-order valence-corrected chi connectivity index (χ4v) is 1.88. The third-order valence-corrected chi connectivity index (χ3v) is 2.93. The zero-order chi connectivity index (χ0) is 15.9. The normalized spacial score (nSPS) is 10.4. The molecule has 0 heterocycles. The number of benzene rings is 2. The second-order valence-corrected chi connectivity index (χ2v) is 4.54. The minimum atomic E-state index is -2.87. The highest BCUT2D eigenvalue weighted by atomic mass is 19.3. The summed E-state index contributed by atoms with van der Waals surface area (Å²) in [6.07, 6.45) is 0.878. The van der Waals surface area contributed by atoms with E-state index in [9.17, 15) is 13.6 Å². The van der Waals surface area contributed by atoms with E-state index in [0.717, 1.165) is 12.0 Å². The first kappa shape index (κ1) is 15.8. The number of carbonyl (C=O) groups excluding carboxylic acids is 1. The molecular formula is C16H16F2N2O2. The maximum absolute atomic E-state index is 12.0. The Labute approximate surface area is 127 Å². The molecule has 22 heavy (non-hydrogen) atoms. The van der Waals surface area contributed by atoms with Gasteiger partial charge in [-0.3, -0.25) is 0 Å². The fraction of sp³-hybridized carbons (Fsp3) is 0.188. The number of ether oxygens (including phenoxy) is 1. The highest BCUT2D eigenvalue weighted by Gasteiger charge is 2.06. The molecule has 0 saturated carbocycles. The van der Waals surface area contributed by atoms with Gasteiger partial charge in [-0.15, -0.1) is 0 Å². The molecule has 4 nitrogen and oxygen atoms in total.